The molecule has 0 radical (unpaired) electrons. The Balaban J connectivity index is 1.26. The third-order valence-electron chi connectivity index (χ3n) is 5.70. The van der Waals surface area contributed by atoms with Gasteiger partial charge in [-0.15, -0.1) is 0 Å². The van der Waals surface area contributed by atoms with Crippen molar-refractivity contribution in [2.75, 3.05) is 36.4 Å². The molecule has 0 bridgehead atoms. The van der Waals surface area contributed by atoms with E-state index in [1.807, 2.05) is 71.6 Å². The first-order valence-electron chi connectivity index (χ1n) is 11.3. The van der Waals surface area contributed by atoms with Gasteiger partial charge in [0.1, 0.15) is 0 Å². The maximum Gasteiger partial charge on any atom is 0.258 e. The van der Waals surface area contributed by atoms with Crippen LogP contribution in [0, 0.1) is 3.57 Å². The Morgan fingerprint density at radius 1 is 0.944 bits per heavy atom. The van der Waals surface area contributed by atoms with E-state index in [9.17, 15) is 9.59 Å². The molecule has 184 valence electrons. The number of piperazine rings is 1. The SMILES string of the molecule is O=C(NC(=S)Nc1ccc(N2CCN(C(=O)/C=C/c3ccccc3)CC2)cc1)c1cc(I)ccc1Cl. The quantitative estimate of drug-likeness (QED) is 0.224. The monoisotopic (exact) mass is 630 g/mol. The zero-order valence-electron chi connectivity index (χ0n) is 19.3. The normalized spacial score (nSPS) is 13.5. The lowest BCUT2D eigenvalue weighted by atomic mass is 10.2. The largest absolute Gasteiger partial charge is 0.368 e. The number of anilines is 2. The Morgan fingerprint density at radius 2 is 1.64 bits per heavy atom. The van der Waals surface area contributed by atoms with Crippen molar-refractivity contribution >= 4 is 80.8 Å². The van der Waals surface area contributed by atoms with E-state index in [1.165, 1.54) is 0 Å². The molecule has 0 aromatic heterocycles. The minimum atomic E-state index is -0.362. The number of thiocarbonyl (C=S) groups is 1. The summed E-state index contributed by atoms with van der Waals surface area (Å²) < 4.78 is 0.908. The van der Waals surface area contributed by atoms with Crippen LogP contribution in [0.1, 0.15) is 15.9 Å². The van der Waals surface area contributed by atoms with E-state index in [4.69, 9.17) is 23.8 Å². The molecule has 6 nitrogen and oxygen atoms in total. The predicted octanol–water partition coefficient (Wildman–Crippen LogP) is 5.43. The Morgan fingerprint density at radius 3 is 2.33 bits per heavy atom. The Labute approximate surface area is 234 Å². The lowest BCUT2D eigenvalue weighted by molar-refractivity contribution is -0.126. The molecule has 0 unspecified atom stereocenters. The number of nitrogens with zero attached hydrogens (tertiary/aromatic N) is 2. The molecule has 3 aromatic rings. The highest BCUT2D eigenvalue weighted by atomic mass is 127. The van der Waals surface area contributed by atoms with Gasteiger partial charge in [-0.3, -0.25) is 14.9 Å². The molecule has 0 atom stereocenters. The number of hydrogen-bond acceptors (Lipinski definition) is 4. The fraction of sp³-hybridized carbons (Fsp3) is 0.148. The molecule has 9 heteroatoms. The lowest BCUT2D eigenvalue weighted by Crippen LogP contribution is -2.48. The third kappa shape index (κ3) is 7.05. The van der Waals surface area contributed by atoms with Crippen molar-refractivity contribution in [3.8, 4) is 0 Å². The summed E-state index contributed by atoms with van der Waals surface area (Å²) in [4.78, 5) is 29.1. The molecular weight excluding hydrogens is 607 g/mol. The van der Waals surface area contributed by atoms with Gasteiger partial charge < -0.3 is 15.1 Å². The second-order valence-corrected chi connectivity index (χ2v) is 10.2. The summed E-state index contributed by atoms with van der Waals surface area (Å²) in [6.07, 6.45) is 3.49. The summed E-state index contributed by atoms with van der Waals surface area (Å²) in [5, 5.41) is 6.26. The topological polar surface area (TPSA) is 64.7 Å². The van der Waals surface area contributed by atoms with E-state index in [0.29, 0.717) is 23.7 Å². The molecule has 0 saturated carbocycles. The van der Waals surface area contributed by atoms with Crippen LogP contribution >= 0.6 is 46.4 Å². The van der Waals surface area contributed by atoms with E-state index in [2.05, 4.69) is 38.1 Å². The molecule has 3 aromatic carbocycles. The van der Waals surface area contributed by atoms with Crippen LogP contribution in [-0.2, 0) is 4.79 Å². The van der Waals surface area contributed by atoms with Crippen molar-refractivity contribution in [3.63, 3.8) is 0 Å². The van der Waals surface area contributed by atoms with Crippen LogP contribution in [0.5, 0.6) is 0 Å². The highest BCUT2D eigenvalue weighted by molar-refractivity contribution is 14.1. The standard InChI is InChI=1S/C27H24ClIN4O2S/c28-24-12-7-20(29)18-23(24)26(35)31-27(36)30-21-8-10-22(11-9-21)32-14-16-33(17-15-32)25(34)13-6-19-4-2-1-3-5-19/h1-13,18H,14-17H2,(H2,30,31,35,36)/b13-6+. The molecule has 1 fully saturated rings. The van der Waals surface area contributed by atoms with Crippen LogP contribution in [0.4, 0.5) is 11.4 Å². The fourth-order valence-electron chi connectivity index (χ4n) is 3.78. The Bertz CT molecular complexity index is 1280. The summed E-state index contributed by atoms with van der Waals surface area (Å²) in [7, 11) is 0. The molecule has 1 heterocycles. The Hall–Kier alpha value is -2.95. The molecule has 0 spiro atoms. The molecule has 1 aliphatic heterocycles. The van der Waals surface area contributed by atoms with Crippen LogP contribution in [0.15, 0.2) is 78.9 Å². The second kappa shape index (κ2) is 12.3. The molecular formula is C27H24ClIN4O2S. The first-order valence-corrected chi connectivity index (χ1v) is 13.2. The number of amides is 2. The van der Waals surface area contributed by atoms with Gasteiger partial charge in [-0.1, -0.05) is 41.9 Å². The third-order valence-corrected chi connectivity index (χ3v) is 6.90. The van der Waals surface area contributed by atoms with E-state index in [-0.39, 0.29) is 16.9 Å². The summed E-state index contributed by atoms with van der Waals surface area (Å²) in [5.41, 5.74) is 3.21. The van der Waals surface area contributed by atoms with Gasteiger partial charge in [-0.2, -0.15) is 0 Å². The molecule has 1 aliphatic rings. The zero-order chi connectivity index (χ0) is 25.5. The molecule has 36 heavy (non-hydrogen) atoms. The van der Waals surface area contributed by atoms with E-state index >= 15 is 0 Å². The average Bonchev–Trinajstić information content (AvgIpc) is 2.89. The lowest BCUT2D eigenvalue weighted by Gasteiger charge is -2.35. The molecule has 4 rings (SSSR count). The maximum atomic E-state index is 12.5. The zero-order valence-corrected chi connectivity index (χ0v) is 23.0. The number of carbonyl (C=O) groups excluding carboxylic acids is 2. The van der Waals surface area contributed by atoms with E-state index < -0.39 is 0 Å². The van der Waals surface area contributed by atoms with E-state index in [1.54, 1.807) is 18.2 Å². The number of halogens is 2. The van der Waals surface area contributed by atoms with Crippen molar-refractivity contribution in [2.45, 2.75) is 0 Å². The van der Waals surface area contributed by atoms with Crippen molar-refractivity contribution < 1.29 is 9.59 Å². The fourth-order valence-corrected chi connectivity index (χ4v) is 4.69. The van der Waals surface area contributed by atoms with Crippen LogP contribution in [0.2, 0.25) is 5.02 Å². The highest BCUT2D eigenvalue weighted by Crippen LogP contribution is 2.21. The van der Waals surface area contributed by atoms with Crippen molar-refractivity contribution in [1.29, 1.82) is 0 Å². The number of benzene rings is 3. The van der Waals surface area contributed by atoms with Crippen LogP contribution < -0.4 is 15.5 Å². The number of nitrogens with one attached hydrogen (secondary N) is 2. The number of hydrogen-bond donors (Lipinski definition) is 2. The first kappa shape index (κ1) is 26.1. The minimum Gasteiger partial charge on any atom is -0.368 e. The van der Waals surface area contributed by atoms with Gasteiger partial charge in [-0.05, 0) is 88.9 Å². The van der Waals surface area contributed by atoms with Crippen LogP contribution in [-0.4, -0.2) is 48.0 Å². The smallest absolute Gasteiger partial charge is 0.258 e. The van der Waals surface area contributed by atoms with E-state index in [0.717, 1.165) is 33.6 Å². The van der Waals surface area contributed by atoms with Gasteiger partial charge in [0.15, 0.2) is 5.11 Å². The summed E-state index contributed by atoms with van der Waals surface area (Å²) in [6, 6.07) is 22.8. The van der Waals surface area contributed by atoms with Gasteiger partial charge in [0.05, 0.1) is 10.6 Å². The van der Waals surface area contributed by atoms with Gasteiger partial charge in [0.25, 0.3) is 5.91 Å². The number of rotatable bonds is 5. The Kier molecular flexibility index (Phi) is 8.95. The van der Waals surface area contributed by atoms with Gasteiger partial charge in [0.2, 0.25) is 5.91 Å². The van der Waals surface area contributed by atoms with Gasteiger partial charge in [-0.25, -0.2) is 0 Å². The van der Waals surface area contributed by atoms with Gasteiger partial charge in [0, 0.05) is 47.2 Å². The van der Waals surface area contributed by atoms with Crippen molar-refractivity contribution in [1.82, 2.24) is 10.2 Å². The minimum absolute atomic E-state index is 0.0279. The molecule has 2 N–H and O–H groups in total. The second-order valence-electron chi connectivity index (χ2n) is 8.14. The van der Waals surface area contributed by atoms with Gasteiger partial charge >= 0.3 is 0 Å². The maximum absolute atomic E-state index is 12.5. The number of carbonyl (C=O) groups is 2. The predicted molar refractivity (Wildman–Crippen MR) is 159 cm³/mol. The molecule has 1 saturated heterocycles. The highest BCUT2D eigenvalue weighted by Gasteiger charge is 2.20. The summed E-state index contributed by atoms with van der Waals surface area (Å²) in [6.45, 7) is 2.83. The molecule has 2 amide bonds. The van der Waals surface area contributed by atoms with Crippen LogP contribution in [0.25, 0.3) is 6.08 Å². The first-order chi connectivity index (χ1) is 17.4. The molecule has 0 aliphatic carbocycles. The summed E-state index contributed by atoms with van der Waals surface area (Å²) in [5.74, 6) is -0.334. The van der Waals surface area contributed by atoms with Crippen LogP contribution in [0.3, 0.4) is 0 Å². The summed E-state index contributed by atoms with van der Waals surface area (Å²) >= 11 is 13.6. The van der Waals surface area contributed by atoms with Crippen molar-refractivity contribution in [3.05, 3.63) is 98.6 Å². The average molecular weight is 631 g/mol. The van der Waals surface area contributed by atoms with Crippen molar-refractivity contribution in [2.24, 2.45) is 0 Å².